The van der Waals surface area contributed by atoms with Crippen LogP contribution in [0, 0.1) is 0 Å². The quantitative estimate of drug-likeness (QED) is 0.710. The molecule has 0 aliphatic carbocycles. The maximum absolute atomic E-state index is 13.3. The number of aromatic hydroxyl groups is 1. The van der Waals surface area contributed by atoms with E-state index in [9.17, 15) is 9.90 Å². The zero-order valence-corrected chi connectivity index (χ0v) is 17.1. The SMILES string of the molecule is CN(C)CCOc1ccc2c(=O)c(C(C)(C)C)c(-c3ccc(O)cc3)oc2c1. The van der Waals surface area contributed by atoms with Crippen molar-refractivity contribution in [2.45, 2.75) is 26.2 Å². The molecule has 0 amide bonds. The summed E-state index contributed by atoms with van der Waals surface area (Å²) in [5.74, 6) is 1.36. The van der Waals surface area contributed by atoms with Gasteiger partial charge < -0.3 is 19.2 Å². The molecular weight excluding hydrogens is 354 g/mol. The van der Waals surface area contributed by atoms with Gasteiger partial charge in [0.2, 0.25) is 0 Å². The number of hydrogen-bond acceptors (Lipinski definition) is 5. The largest absolute Gasteiger partial charge is 0.508 e. The van der Waals surface area contributed by atoms with Crippen molar-refractivity contribution in [1.82, 2.24) is 4.90 Å². The van der Waals surface area contributed by atoms with Crippen LogP contribution in [-0.4, -0.2) is 37.3 Å². The topological polar surface area (TPSA) is 62.9 Å². The number of hydrogen-bond donors (Lipinski definition) is 1. The van der Waals surface area contributed by atoms with E-state index >= 15 is 0 Å². The molecular formula is C23H27NO4. The molecule has 5 nitrogen and oxygen atoms in total. The average Bonchev–Trinajstić information content (AvgIpc) is 2.60. The number of phenolic OH excluding ortho intramolecular Hbond substituents is 1. The van der Waals surface area contributed by atoms with Crippen LogP contribution in [0.25, 0.3) is 22.3 Å². The number of ether oxygens (including phenoxy) is 1. The minimum absolute atomic E-state index is 0.0448. The molecule has 0 fully saturated rings. The standard InChI is InChI=1S/C23H27NO4/c1-23(2,3)20-21(26)18-11-10-17(27-13-12-24(4)5)14-19(18)28-22(20)15-6-8-16(25)9-7-15/h6-11,14,25H,12-13H2,1-5H3. The fraction of sp³-hybridized carbons (Fsp3) is 0.348. The van der Waals surface area contributed by atoms with Gasteiger partial charge in [-0.3, -0.25) is 4.79 Å². The van der Waals surface area contributed by atoms with E-state index in [1.807, 2.05) is 45.8 Å². The number of fused-ring (bicyclic) bond motifs is 1. The van der Waals surface area contributed by atoms with Crippen molar-refractivity contribution in [3.8, 4) is 22.8 Å². The van der Waals surface area contributed by atoms with E-state index in [2.05, 4.69) is 0 Å². The molecule has 0 unspecified atom stereocenters. The van der Waals surface area contributed by atoms with Crippen LogP contribution in [0.4, 0.5) is 0 Å². The molecule has 0 atom stereocenters. The third-order valence-corrected chi connectivity index (χ3v) is 4.55. The molecule has 0 saturated heterocycles. The van der Waals surface area contributed by atoms with E-state index in [0.29, 0.717) is 34.6 Å². The van der Waals surface area contributed by atoms with Crippen LogP contribution in [0.15, 0.2) is 51.7 Å². The Balaban J connectivity index is 2.15. The Kier molecular flexibility index (Phi) is 5.47. The van der Waals surface area contributed by atoms with Crippen molar-refractivity contribution in [1.29, 1.82) is 0 Å². The molecule has 2 aromatic carbocycles. The van der Waals surface area contributed by atoms with Gasteiger partial charge >= 0.3 is 0 Å². The number of rotatable bonds is 5. The lowest BCUT2D eigenvalue weighted by Crippen LogP contribution is -2.24. The second kappa shape index (κ2) is 7.68. The second-order valence-electron chi connectivity index (χ2n) is 8.24. The van der Waals surface area contributed by atoms with Gasteiger partial charge in [-0.2, -0.15) is 0 Å². The molecule has 0 bridgehead atoms. The van der Waals surface area contributed by atoms with E-state index in [0.717, 1.165) is 12.1 Å². The molecule has 148 valence electrons. The Morgan fingerprint density at radius 3 is 2.36 bits per heavy atom. The summed E-state index contributed by atoms with van der Waals surface area (Å²) in [5, 5.41) is 10.1. The zero-order chi connectivity index (χ0) is 20.5. The molecule has 1 heterocycles. The molecule has 0 aliphatic rings. The van der Waals surface area contributed by atoms with Gasteiger partial charge in [-0.05, 0) is 55.9 Å². The lowest BCUT2D eigenvalue weighted by Gasteiger charge is -2.22. The van der Waals surface area contributed by atoms with Crippen LogP contribution < -0.4 is 10.2 Å². The lowest BCUT2D eigenvalue weighted by atomic mass is 9.84. The number of likely N-dealkylation sites (N-methyl/N-ethyl adjacent to an activating group) is 1. The van der Waals surface area contributed by atoms with Crippen molar-refractivity contribution in [2.24, 2.45) is 0 Å². The summed E-state index contributed by atoms with van der Waals surface area (Å²) in [4.78, 5) is 15.3. The first-order chi connectivity index (χ1) is 13.2. The Bertz CT molecular complexity index is 1030. The van der Waals surface area contributed by atoms with Crippen molar-refractivity contribution in [2.75, 3.05) is 27.2 Å². The number of benzene rings is 2. The van der Waals surface area contributed by atoms with Gasteiger partial charge in [0.25, 0.3) is 0 Å². The van der Waals surface area contributed by atoms with Gasteiger partial charge in [0.1, 0.15) is 29.4 Å². The minimum atomic E-state index is -0.400. The summed E-state index contributed by atoms with van der Waals surface area (Å²) in [7, 11) is 3.97. The van der Waals surface area contributed by atoms with E-state index in [1.54, 1.807) is 36.4 Å². The molecule has 1 N–H and O–H groups in total. The Morgan fingerprint density at radius 1 is 1.07 bits per heavy atom. The van der Waals surface area contributed by atoms with E-state index in [1.165, 1.54) is 0 Å². The van der Waals surface area contributed by atoms with Gasteiger partial charge in [0, 0.05) is 23.7 Å². The first-order valence-electron chi connectivity index (χ1n) is 9.35. The van der Waals surface area contributed by atoms with Crippen molar-refractivity contribution >= 4 is 11.0 Å². The highest BCUT2D eigenvalue weighted by Gasteiger charge is 2.26. The van der Waals surface area contributed by atoms with E-state index in [-0.39, 0.29) is 11.2 Å². The maximum atomic E-state index is 13.3. The molecule has 0 spiro atoms. The fourth-order valence-corrected chi connectivity index (χ4v) is 3.11. The Labute approximate surface area is 165 Å². The predicted molar refractivity (Wildman–Crippen MR) is 112 cm³/mol. The number of nitrogens with zero attached hydrogens (tertiary/aromatic N) is 1. The highest BCUT2D eigenvalue weighted by molar-refractivity contribution is 5.82. The predicted octanol–water partition coefficient (Wildman–Crippen LogP) is 4.40. The van der Waals surface area contributed by atoms with Gasteiger partial charge in [-0.1, -0.05) is 20.8 Å². The van der Waals surface area contributed by atoms with Gasteiger partial charge in [0.05, 0.1) is 5.39 Å². The van der Waals surface area contributed by atoms with Gasteiger partial charge in [-0.25, -0.2) is 0 Å². The average molecular weight is 381 g/mol. The molecule has 3 rings (SSSR count). The molecule has 0 saturated carbocycles. The smallest absolute Gasteiger partial charge is 0.197 e. The van der Waals surface area contributed by atoms with Crippen molar-refractivity contribution in [3.05, 3.63) is 58.3 Å². The van der Waals surface area contributed by atoms with E-state index < -0.39 is 5.41 Å². The summed E-state index contributed by atoms with van der Waals surface area (Å²) in [6, 6.07) is 12.0. The molecule has 5 heteroatoms. The van der Waals surface area contributed by atoms with Gasteiger partial charge in [-0.15, -0.1) is 0 Å². The summed E-state index contributed by atoms with van der Waals surface area (Å²) in [5.41, 5.74) is 1.41. The fourth-order valence-electron chi connectivity index (χ4n) is 3.11. The summed E-state index contributed by atoms with van der Waals surface area (Å²) >= 11 is 0. The van der Waals surface area contributed by atoms with Crippen LogP contribution >= 0.6 is 0 Å². The van der Waals surface area contributed by atoms with Crippen LogP contribution in [0.2, 0.25) is 0 Å². The third-order valence-electron chi connectivity index (χ3n) is 4.55. The van der Waals surface area contributed by atoms with E-state index in [4.69, 9.17) is 9.15 Å². The Morgan fingerprint density at radius 2 is 1.75 bits per heavy atom. The summed E-state index contributed by atoms with van der Waals surface area (Å²) in [6.45, 7) is 7.33. The molecule has 1 aromatic heterocycles. The van der Waals surface area contributed by atoms with Gasteiger partial charge in [0.15, 0.2) is 5.43 Å². The highest BCUT2D eigenvalue weighted by atomic mass is 16.5. The first-order valence-corrected chi connectivity index (χ1v) is 9.35. The van der Waals surface area contributed by atoms with Crippen LogP contribution in [0.1, 0.15) is 26.3 Å². The lowest BCUT2D eigenvalue weighted by molar-refractivity contribution is 0.261. The Hall–Kier alpha value is -2.79. The normalized spacial score (nSPS) is 11.9. The molecule has 3 aromatic rings. The van der Waals surface area contributed by atoms with Crippen molar-refractivity contribution in [3.63, 3.8) is 0 Å². The number of phenols is 1. The monoisotopic (exact) mass is 381 g/mol. The van der Waals surface area contributed by atoms with Crippen molar-refractivity contribution < 1.29 is 14.3 Å². The van der Waals surface area contributed by atoms with Crippen LogP contribution in [0.3, 0.4) is 0 Å². The second-order valence-corrected chi connectivity index (χ2v) is 8.24. The zero-order valence-electron chi connectivity index (χ0n) is 17.1. The maximum Gasteiger partial charge on any atom is 0.197 e. The summed E-state index contributed by atoms with van der Waals surface area (Å²) < 4.78 is 12.0. The molecule has 28 heavy (non-hydrogen) atoms. The highest BCUT2D eigenvalue weighted by Crippen LogP contribution is 2.34. The molecule has 0 aliphatic heterocycles. The third kappa shape index (κ3) is 4.20. The van der Waals surface area contributed by atoms with Crippen LogP contribution in [-0.2, 0) is 5.41 Å². The van der Waals surface area contributed by atoms with Crippen LogP contribution in [0.5, 0.6) is 11.5 Å². The molecule has 0 radical (unpaired) electrons. The first kappa shape index (κ1) is 20.0. The summed E-state index contributed by atoms with van der Waals surface area (Å²) in [6.07, 6.45) is 0. The minimum Gasteiger partial charge on any atom is -0.508 e.